The Labute approximate surface area is 172 Å². The van der Waals surface area contributed by atoms with Crippen LogP contribution in [0.3, 0.4) is 0 Å². The molecule has 0 unspecified atom stereocenters. The minimum absolute atomic E-state index is 0.309. The third-order valence-corrected chi connectivity index (χ3v) is 4.66. The first-order chi connectivity index (χ1) is 14.1. The van der Waals surface area contributed by atoms with Gasteiger partial charge in [-0.3, -0.25) is 9.89 Å². The van der Waals surface area contributed by atoms with E-state index < -0.39 is 5.91 Å². The number of rotatable bonds is 5. The maximum absolute atomic E-state index is 12.3. The Morgan fingerprint density at radius 3 is 2.55 bits per heavy atom. The number of nitrogens with zero attached hydrogens (tertiary/aromatic N) is 4. The van der Waals surface area contributed by atoms with Crippen LogP contribution < -0.4 is 5.43 Å². The zero-order valence-corrected chi connectivity index (χ0v) is 16.3. The van der Waals surface area contributed by atoms with Crippen LogP contribution in [0.2, 0.25) is 5.15 Å². The number of hydrogen-bond acceptors (Lipinski definition) is 4. The molecule has 7 nitrogen and oxygen atoms in total. The highest BCUT2D eigenvalue weighted by atomic mass is 35.5. The predicted molar refractivity (Wildman–Crippen MR) is 112 cm³/mol. The first kappa shape index (κ1) is 18.6. The maximum atomic E-state index is 12.3. The lowest BCUT2D eigenvalue weighted by molar-refractivity contribution is 0.0950. The van der Waals surface area contributed by atoms with E-state index in [0.29, 0.717) is 27.8 Å². The van der Waals surface area contributed by atoms with Gasteiger partial charge in [-0.05, 0) is 25.1 Å². The van der Waals surface area contributed by atoms with Gasteiger partial charge in [-0.1, -0.05) is 60.1 Å². The van der Waals surface area contributed by atoms with Crippen molar-refractivity contribution in [3.63, 3.8) is 0 Å². The van der Waals surface area contributed by atoms with Crippen molar-refractivity contribution >= 4 is 23.7 Å². The summed E-state index contributed by atoms with van der Waals surface area (Å²) in [6, 6.07) is 20.8. The van der Waals surface area contributed by atoms with Crippen molar-refractivity contribution < 1.29 is 4.79 Å². The molecule has 1 amide bonds. The fourth-order valence-corrected chi connectivity index (χ4v) is 3.13. The summed E-state index contributed by atoms with van der Waals surface area (Å²) in [5, 5.41) is 15.8. The molecule has 0 bridgehead atoms. The number of nitrogens with one attached hydrogen (secondary N) is 2. The summed E-state index contributed by atoms with van der Waals surface area (Å²) < 4.78 is 1.63. The van der Waals surface area contributed by atoms with Gasteiger partial charge in [0.05, 0.1) is 28.9 Å². The summed E-state index contributed by atoms with van der Waals surface area (Å²) in [7, 11) is 0. The molecule has 0 aliphatic carbocycles. The third kappa shape index (κ3) is 3.95. The summed E-state index contributed by atoms with van der Waals surface area (Å²) in [6.07, 6.45) is 1.48. The number of amides is 1. The van der Waals surface area contributed by atoms with Crippen LogP contribution in [0.25, 0.3) is 16.9 Å². The molecule has 2 aromatic heterocycles. The van der Waals surface area contributed by atoms with Gasteiger partial charge >= 0.3 is 0 Å². The minimum Gasteiger partial charge on any atom is -0.272 e. The number of H-pyrrole nitrogens is 1. The van der Waals surface area contributed by atoms with Gasteiger partial charge in [0.15, 0.2) is 0 Å². The number of aryl methyl sites for hydroxylation is 1. The second kappa shape index (κ2) is 8.12. The van der Waals surface area contributed by atoms with Crippen LogP contribution in [0, 0.1) is 6.92 Å². The zero-order chi connectivity index (χ0) is 20.2. The Morgan fingerprint density at radius 1 is 1.14 bits per heavy atom. The van der Waals surface area contributed by atoms with E-state index in [1.54, 1.807) is 10.7 Å². The summed E-state index contributed by atoms with van der Waals surface area (Å²) in [5.74, 6) is -0.403. The molecule has 2 N–H and O–H groups in total. The van der Waals surface area contributed by atoms with Gasteiger partial charge in [0.2, 0.25) is 0 Å². The van der Waals surface area contributed by atoms with Gasteiger partial charge < -0.3 is 0 Å². The highest BCUT2D eigenvalue weighted by Gasteiger charge is 2.14. The monoisotopic (exact) mass is 404 g/mol. The number of aromatic nitrogens is 4. The van der Waals surface area contributed by atoms with Crippen LogP contribution in [0.1, 0.15) is 21.7 Å². The van der Waals surface area contributed by atoms with E-state index in [0.717, 1.165) is 11.3 Å². The molecule has 2 aromatic carbocycles. The topological polar surface area (TPSA) is 88.0 Å². The van der Waals surface area contributed by atoms with E-state index in [2.05, 4.69) is 25.8 Å². The normalized spacial score (nSPS) is 11.1. The molecule has 144 valence electrons. The lowest BCUT2D eigenvalue weighted by atomic mass is 10.1. The molecular weight excluding hydrogens is 388 g/mol. The molecule has 4 rings (SSSR count). The molecule has 4 aromatic rings. The van der Waals surface area contributed by atoms with Crippen molar-refractivity contribution in [2.45, 2.75) is 6.92 Å². The number of carbonyl (C=O) groups is 1. The van der Waals surface area contributed by atoms with Crippen molar-refractivity contribution in [2.24, 2.45) is 5.10 Å². The van der Waals surface area contributed by atoms with Crippen molar-refractivity contribution in [2.75, 3.05) is 0 Å². The average molecular weight is 405 g/mol. The van der Waals surface area contributed by atoms with Crippen molar-refractivity contribution in [3.05, 3.63) is 88.8 Å². The molecule has 0 fully saturated rings. The summed E-state index contributed by atoms with van der Waals surface area (Å²) in [6.45, 7) is 1.83. The molecule has 0 spiro atoms. The standard InChI is InChI=1S/C21H17ClN6O/c1-14-17(20(22)28(27-14)16-10-6-3-7-11-16)13-23-26-21(29)19-12-18(24-25-19)15-8-4-2-5-9-15/h2-13H,1H3,(H,24,25)(H,26,29)/b23-13-. The zero-order valence-electron chi connectivity index (χ0n) is 15.5. The first-order valence-corrected chi connectivity index (χ1v) is 9.26. The largest absolute Gasteiger partial charge is 0.289 e. The van der Waals surface area contributed by atoms with Crippen LogP contribution in [0.4, 0.5) is 0 Å². The second-order valence-corrected chi connectivity index (χ2v) is 6.63. The van der Waals surface area contributed by atoms with Gasteiger partial charge in [-0.25, -0.2) is 10.1 Å². The minimum atomic E-state index is -0.403. The Morgan fingerprint density at radius 2 is 1.83 bits per heavy atom. The molecule has 0 saturated carbocycles. The van der Waals surface area contributed by atoms with Gasteiger partial charge in [0.1, 0.15) is 10.8 Å². The summed E-state index contributed by atoms with van der Waals surface area (Å²) in [4.78, 5) is 12.3. The van der Waals surface area contributed by atoms with Crippen LogP contribution in [-0.4, -0.2) is 32.1 Å². The Kier molecular flexibility index (Phi) is 5.22. The van der Waals surface area contributed by atoms with Crippen LogP contribution >= 0.6 is 11.6 Å². The summed E-state index contributed by atoms with van der Waals surface area (Å²) in [5.41, 5.74) is 6.56. The Bertz CT molecular complexity index is 1160. The number of hydrogen-bond donors (Lipinski definition) is 2. The molecule has 0 aliphatic heterocycles. The molecule has 29 heavy (non-hydrogen) atoms. The van der Waals surface area contributed by atoms with Crippen molar-refractivity contribution in [1.82, 2.24) is 25.4 Å². The number of aromatic amines is 1. The second-order valence-electron chi connectivity index (χ2n) is 6.27. The predicted octanol–water partition coefficient (Wildman–Crippen LogP) is 3.99. The van der Waals surface area contributed by atoms with E-state index in [1.165, 1.54) is 6.21 Å². The van der Waals surface area contributed by atoms with Gasteiger partial charge in [0.25, 0.3) is 5.91 Å². The highest BCUT2D eigenvalue weighted by molar-refractivity contribution is 6.32. The molecule has 0 atom stereocenters. The van der Waals surface area contributed by atoms with E-state index >= 15 is 0 Å². The van der Waals surface area contributed by atoms with Crippen LogP contribution in [0.5, 0.6) is 0 Å². The van der Waals surface area contributed by atoms with E-state index in [1.807, 2.05) is 67.6 Å². The molecule has 0 aliphatic rings. The van der Waals surface area contributed by atoms with Crippen LogP contribution in [-0.2, 0) is 0 Å². The molecule has 8 heteroatoms. The van der Waals surface area contributed by atoms with Crippen molar-refractivity contribution in [3.8, 4) is 16.9 Å². The highest BCUT2D eigenvalue weighted by Crippen LogP contribution is 2.22. The number of benzene rings is 2. The first-order valence-electron chi connectivity index (χ1n) is 8.88. The fourth-order valence-electron chi connectivity index (χ4n) is 2.81. The molecular formula is C21H17ClN6O. The quantitative estimate of drug-likeness (QED) is 0.389. The number of para-hydroxylation sites is 1. The Hall–Kier alpha value is -3.71. The SMILES string of the molecule is Cc1nn(-c2ccccc2)c(Cl)c1/C=N\NC(=O)c1cc(-c2ccccc2)n[nH]1. The number of halogens is 1. The lowest BCUT2D eigenvalue weighted by Crippen LogP contribution is -2.18. The summed E-state index contributed by atoms with van der Waals surface area (Å²) >= 11 is 6.45. The number of hydrazone groups is 1. The van der Waals surface area contributed by atoms with Gasteiger partial charge in [0, 0.05) is 5.56 Å². The van der Waals surface area contributed by atoms with Gasteiger partial charge in [-0.15, -0.1) is 0 Å². The average Bonchev–Trinajstić information content (AvgIpc) is 3.36. The smallest absolute Gasteiger partial charge is 0.272 e. The molecule has 0 saturated heterocycles. The van der Waals surface area contributed by atoms with Crippen LogP contribution in [0.15, 0.2) is 71.8 Å². The molecule has 0 radical (unpaired) electrons. The molecule has 2 heterocycles. The lowest BCUT2D eigenvalue weighted by Gasteiger charge is -2.01. The van der Waals surface area contributed by atoms with Gasteiger partial charge in [-0.2, -0.15) is 15.3 Å². The third-order valence-electron chi connectivity index (χ3n) is 4.30. The van der Waals surface area contributed by atoms with E-state index in [-0.39, 0.29) is 0 Å². The number of carbonyl (C=O) groups excluding carboxylic acids is 1. The van der Waals surface area contributed by atoms with E-state index in [4.69, 9.17) is 11.6 Å². The Balaban J connectivity index is 1.48. The fraction of sp³-hybridized carbons (Fsp3) is 0.0476. The van der Waals surface area contributed by atoms with Crippen molar-refractivity contribution in [1.29, 1.82) is 0 Å². The maximum Gasteiger partial charge on any atom is 0.289 e. The van der Waals surface area contributed by atoms with E-state index in [9.17, 15) is 4.79 Å².